The van der Waals surface area contributed by atoms with Crippen LogP contribution in [0.4, 0.5) is 21.2 Å². The number of halogens is 1. The number of likely N-dealkylation sites (tertiary alicyclic amines) is 1. The molecule has 0 unspecified atom stereocenters. The maximum atomic E-state index is 13.5. The van der Waals surface area contributed by atoms with E-state index in [2.05, 4.69) is 9.97 Å². The number of anilines is 2. The third-order valence-corrected chi connectivity index (χ3v) is 7.71. The van der Waals surface area contributed by atoms with Crippen LogP contribution in [0.5, 0.6) is 0 Å². The highest BCUT2D eigenvalue weighted by molar-refractivity contribution is 7.93. The molecular formula is C23H32ClN5O6S2. The molecule has 3 rings (SSSR count). The topological polar surface area (TPSA) is 122 Å². The van der Waals surface area contributed by atoms with Gasteiger partial charge in [-0.1, -0.05) is 11.6 Å². The normalized spacial score (nSPS) is 16.4. The number of hydrogen-bond donors (Lipinski definition) is 0. The first-order valence-corrected chi connectivity index (χ1v) is 14.3. The first-order chi connectivity index (χ1) is 17.0. The quantitative estimate of drug-likeness (QED) is 0.497. The van der Waals surface area contributed by atoms with Crippen LogP contribution in [0, 0.1) is 0 Å². The van der Waals surface area contributed by atoms with E-state index in [0.717, 1.165) is 17.5 Å². The lowest BCUT2D eigenvalue weighted by atomic mass is 10.2. The molecule has 0 bridgehead atoms. The number of hydrogen-bond acceptors (Lipinski definition) is 10. The summed E-state index contributed by atoms with van der Waals surface area (Å²) in [5, 5.41) is 1.50. The maximum Gasteiger partial charge on any atom is 0.430 e. The maximum absolute atomic E-state index is 13.5. The highest BCUT2D eigenvalue weighted by Gasteiger charge is 2.37. The summed E-state index contributed by atoms with van der Waals surface area (Å²) in [6, 6.07) is 1.13. The first kappa shape index (κ1) is 28.9. The monoisotopic (exact) mass is 573 g/mol. The Morgan fingerprint density at radius 2 is 1.78 bits per heavy atom. The number of pyridine rings is 1. The molecule has 2 amide bonds. The van der Waals surface area contributed by atoms with E-state index in [9.17, 15) is 18.0 Å². The fourth-order valence-corrected chi connectivity index (χ4v) is 5.76. The standard InChI is InChI=1S/C23H32ClN5O6S2/c1-22(2,3)34-20(30)28-9-8-15(12-28)27(7)19-17(24)10-16(11-25-19)37(32,33)29(18-13-36-14-26-18)21(31)35-23(4,5)6/h10-11,13-15H,8-9,12H2,1-7H3/t15-/m1/s1. The minimum Gasteiger partial charge on any atom is -0.444 e. The van der Waals surface area contributed by atoms with Crippen LogP contribution in [0.1, 0.15) is 48.0 Å². The van der Waals surface area contributed by atoms with Crippen LogP contribution in [0.2, 0.25) is 5.02 Å². The van der Waals surface area contributed by atoms with Gasteiger partial charge < -0.3 is 19.3 Å². The number of aromatic nitrogens is 2. The van der Waals surface area contributed by atoms with Gasteiger partial charge in [-0.15, -0.1) is 15.6 Å². The third-order valence-electron chi connectivity index (χ3n) is 5.22. The second-order valence-corrected chi connectivity index (χ2v) is 13.5. The molecule has 0 aromatic carbocycles. The highest BCUT2D eigenvalue weighted by atomic mass is 35.5. The Kier molecular flexibility index (Phi) is 8.30. The fraction of sp³-hybridized carbons (Fsp3) is 0.565. The van der Waals surface area contributed by atoms with Gasteiger partial charge in [-0.05, 0) is 54.0 Å². The lowest BCUT2D eigenvalue weighted by Crippen LogP contribution is -2.41. The number of nitrogens with zero attached hydrogens (tertiary/aromatic N) is 5. The highest BCUT2D eigenvalue weighted by Crippen LogP contribution is 2.32. The summed E-state index contributed by atoms with van der Waals surface area (Å²) in [5.74, 6) is 0.249. The minimum atomic E-state index is -4.45. The van der Waals surface area contributed by atoms with E-state index in [1.807, 2.05) is 20.8 Å². The molecule has 0 aliphatic carbocycles. The third kappa shape index (κ3) is 7.02. The first-order valence-electron chi connectivity index (χ1n) is 11.5. The van der Waals surface area contributed by atoms with Gasteiger partial charge in [0.05, 0.1) is 10.5 Å². The molecule has 14 heteroatoms. The molecular weight excluding hydrogens is 542 g/mol. The van der Waals surface area contributed by atoms with Crippen molar-refractivity contribution in [2.45, 2.75) is 70.1 Å². The van der Waals surface area contributed by atoms with Crippen LogP contribution in [-0.2, 0) is 19.5 Å². The van der Waals surface area contributed by atoms with E-state index in [0.29, 0.717) is 29.6 Å². The number of amides is 2. The fourth-order valence-electron chi connectivity index (χ4n) is 3.57. The van der Waals surface area contributed by atoms with E-state index in [4.69, 9.17) is 21.1 Å². The molecule has 1 fully saturated rings. The number of thiazole rings is 1. The average molecular weight is 574 g/mol. The average Bonchev–Trinajstić information content (AvgIpc) is 3.43. The van der Waals surface area contributed by atoms with Crippen LogP contribution in [0.3, 0.4) is 0 Å². The molecule has 2 aromatic rings. The van der Waals surface area contributed by atoms with Crippen LogP contribution < -0.4 is 9.21 Å². The molecule has 37 heavy (non-hydrogen) atoms. The Hall–Kier alpha value is -2.64. The Bertz CT molecular complexity index is 1240. The van der Waals surface area contributed by atoms with E-state index in [1.165, 1.54) is 17.0 Å². The van der Waals surface area contributed by atoms with E-state index in [1.54, 1.807) is 37.6 Å². The smallest absolute Gasteiger partial charge is 0.430 e. The zero-order valence-corrected chi connectivity index (χ0v) is 24.3. The van der Waals surface area contributed by atoms with Gasteiger partial charge >= 0.3 is 12.2 Å². The summed E-state index contributed by atoms with van der Waals surface area (Å²) in [5.41, 5.74) is -0.121. The molecule has 204 valence electrons. The van der Waals surface area contributed by atoms with Gasteiger partial charge in [0.25, 0.3) is 10.0 Å². The Morgan fingerprint density at radius 3 is 2.32 bits per heavy atom. The summed E-state index contributed by atoms with van der Waals surface area (Å²) in [4.78, 5) is 36.7. The zero-order valence-electron chi connectivity index (χ0n) is 21.9. The van der Waals surface area contributed by atoms with Crippen LogP contribution in [0.25, 0.3) is 0 Å². The summed E-state index contributed by atoms with van der Waals surface area (Å²) >= 11 is 7.62. The number of likely N-dealkylation sites (N-methyl/N-ethyl adjacent to an activating group) is 1. The lowest BCUT2D eigenvalue weighted by Gasteiger charge is -2.28. The molecule has 1 aliphatic rings. The second-order valence-electron chi connectivity index (χ2n) is 10.6. The van der Waals surface area contributed by atoms with Crippen molar-refractivity contribution < 1.29 is 27.5 Å². The second kappa shape index (κ2) is 10.6. The van der Waals surface area contributed by atoms with E-state index in [-0.39, 0.29) is 21.8 Å². The van der Waals surface area contributed by atoms with Crippen LogP contribution >= 0.6 is 22.9 Å². The van der Waals surface area contributed by atoms with Gasteiger partial charge in [-0.3, -0.25) is 0 Å². The Labute approximate surface area is 226 Å². The van der Waals surface area contributed by atoms with Crippen molar-refractivity contribution in [3.8, 4) is 0 Å². The molecule has 2 aromatic heterocycles. The zero-order chi connectivity index (χ0) is 27.8. The van der Waals surface area contributed by atoms with Gasteiger partial charge in [0.2, 0.25) is 0 Å². The number of carbonyl (C=O) groups is 2. The van der Waals surface area contributed by atoms with Crippen molar-refractivity contribution in [1.29, 1.82) is 0 Å². The number of ether oxygens (including phenoxy) is 2. The van der Waals surface area contributed by atoms with Crippen molar-refractivity contribution in [2.75, 3.05) is 29.3 Å². The summed E-state index contributed by atoms with van der Waals surface area (Å²) in [6.07, 6.45) is 0.304. The van der Waals surface area contributed by atoms with E-state index < -0.39 is 33.4 Å². The predicted molar refractivity (Wildman–Crippen MR) is 142 cm³/mol. The summed E-state index contributed by atoms with van der Waals surface area (Å²) in [7, 11) is -2.68. The molecule has 11 nitrogen and oxygen atoms in total. The van der Waals surface area contributed by atoms with Crippen molar-refractivity contribution in [3.05, 3.63) is 28.2 Å². The van der Waals surface area contributed by atoms with E-state index >= 15 is 0 Å². The van der Waals surface area contributed by atoms with Crippen molar-refractivity contribution >= 4 is 56.8 Å². The number of sulfonamides is 1. The van der Waals surface area contributed by atoms with Crippen molar-refractivity contribution in [2.24, 2.45) is 0 Å². The summed E-state index contributed by atoms with van der Waals surface area (Å²) in [6.45, 7) is 11.2. The van der Waals surface area contributed by atoms with Crippen molar-refractivity contribution in [3.63, 3.8) is 0 Å². The van der Waals surface area contributed by atoms with Crippen molar-refractivity contribution in [1.82, 2.24) is 14.9 Å². The van der Waals surface area contributed by atoms with Gasteiger partial charge in [-0.2, -0.15) is 0 Å². The molecule has 1 saturated heterocycles. The molecule has 3 heterocycles. The lowest BCUT2D eigenvalue weighted by molar-refractivity contribution is 0.0292. The molecule has 0 radical (unpaired) electrons. The molecule has 0 saturated carbocycles. The number of rotatable bonds is 5. The molecule has 0 spiro atoms. The number of carbonyl (C=O) groups excluding carboxylic acids is 2. The Morgan fingerprint density at radius 1 is 1.14 bits per heavy atom. The van der Waals surface area contributed by atoms with Gasteiger partial charge in [0, 0.05) is 37.8 Å². The predicted octanol–water partition coefficient (Wildman–Crippen LogP) is 4.77. The Balaban J connectivity index is 1.84. The SMILES string of the molecule is CN(c1ncc(S(=O)(=O)N(C(=O)OC(C)(C)C)c2cscn2)cc1Cl)[C@@H]1CCN(C(=O)OC(C)(C)C)C1. The van der Waals surface area contributed by atoms with Gasteiger partial charge in [-0.25, -0.2) is 28.0 Å². The molecule has 0 N–H and O–H groups in total. The molecule has 1 aliphatic heterocycles. The van der Waals surface area contributed by atoms with Crippen LogP contribution in [0.15, 0.2) is 28.0 Å². The van der Waals surface area contributed by atoms with Gasteiger partial charge in [0.1, 0.15) is 21.9 Å². The summed E-state index contributed by atoms with van der Waals surface area (Å²) < 4.78 is 38.3. The van der Waals surface area contributed by atoms with Crippen LogP contribution in [-0.4, -0.2) is 72.9 Å². The minimum absolute atomic E-state index is 0.0710. The van der Waals surface area contributed by atoms with Gasteiger partial charge in [0.15, 0.2) is 5.82 Å². The molecule has 1 atom stereocenters. The largest absolute Gasteiger partial charge is 0.444 e.